The highest BCUT2D eigenvalue weighted by molar-refractivity contribution is 5.93. The number of carbonyl (C=O) groups excluding carboxylic acids is 1. The molecule has 1 fully saturated rings. The number of carbonyl (C=O) groups is 1. The molecule has 2 rings (SSSR count). The minimum Gasteiger partial charge on any atom is -0.395 e. The quantitative estimate of drug-likeness (QED) is 0.629. The second kappa shape index (κ2) is 6.85. The zero-order valence-electron chi connectivity index (χ0n) is 12.6. The van der Waals surface area contributed by atoms with Crippen LogP contribution in [0.2, 0.25) is 0 Å². The van der Waals surface area contributed by atoms with Crippen LogP contribution in [0.1, 0.15) is 35.7 Å². The fraction of sp³-hybridized carbons (Fsp3) is 0.533. The van der Waals surface area contributed by atoms with Crippen molar-refractivity contribution < 1.29 is 14.8 Å². The predicted octanol–water partition coefficient (Wildman–Crippen LogP) is 1.29. The SMILES string of the molecule is CC1CCCN(Cc2ccc(C(N)=O)cc2[N+](=O)[O-])C1CO. The summed E-state index contributed by atoms with van der Waals surface area (Å²) in [5.41, 5.74) is 5.72. The van der Waals surface area contributed by atoms with E-state index in [0.717, 1.165) is 19.4 Å². The maximum absolute atomic E-state index is 11.2. The zero-order valence-corrected chi connectivity index (χ0v) is 12.6. The largest absolute Gasteiger partial charge is 0.395 e. The van der Waals surface area contributed by atoms with Gasteiger partial charge in [0.05, 0.1) is 11.5 Å². The molecule has 1 saturated heterocycles. The van der Waals surface area contributed by atoms with Crippen LogP contribution in [-0.2, 0) is 6.54 Å². The third-order valence-electron chi connectivity index (χ3n) is 4.36. The fourth-order valence-corrected chi connectivity index (χ4v) is 3.07. The predicted molar refractivity (Wildman–Crippen MR) is 81.3 cm³/mol. The minimum absolute atomic E-state index is 0.00386. The van der Waals surface area contributed by atoms with Crippen LogP contribution < -0.4 is 5.73 Å². The van der Waals surface area contributed by atoms with Gasteiger partial charge in [0.15, 0.2) is 0 Å². The summed E-state index contributed by atoms with van der Waals surface area (Å²) in [5.74, 6) is -0.336. The van der Waals surface area contributed by atoms with Gasteiger partial charge in [-0.1, -0.05) is 13.0 Å². The van der Waals surface area contributed by atoms with E-state index in [4.69, 9.17) is 5.73 Å². The number of likely N-dealkylation sites (tertiary alicyclic amines) is 1. The second-order valence-electron chi connectivity index (χ2n) is 5.80. The number of rotatable bonds is 5. The Hall–Kier alpha value is -1.99. The normalized spacial score (nSPS) is 22.5. The van der Waals surface area contributed by atoms with Gasteiger partial charge in [-0.15, -0.1) is 0 Å². The van der Waals surface area contributed by atoms with Crippen molar-refractivity contribution in [1.82, 2.24) is 4.90 Å². The molecule has 0 bridgehead atoms. The standard InChI is InChI=1S/C15H21N3O4/c1-10-3-2-6-17(14(10)9-19)8-12-5-4-11(15(16)20)7-13(12)18(21)22/h4-5,7,10,14,19H,2-3,6,8-9H2,1H3,(H2,16,20). The van der Waals surface area contributed by atoms with Crippen molar-refractivity contribution in [2.24, 2.45) is 11.7 Å². The molecule has 0 aromatic heterocycles. The summed E-state index contributed by atoms with van der Waals surface area (Å²) in [6.45, 7) is 3.29. The summed E-state index contributed by atoms with van der Waals surface area (Å²) in [7, 11) is 0. The summed E-state index contributed by atoms with van der Waals surface area (Å²) >= 11 is 0. The molecule has 1 heterocycles. The molecule has 1 aromatic carbocycles. The van der Waals surface area contributed by atoms with E-state index < -0.39 is 10.8 Å². The van der Waals surface area contributed by atoms with E-state index in [1.54, 1.807) is 6.07 Å². The number of piperidine rings is 1. The van der Waals surface area contributed by atoms with Crippen LogP contribution in [0.25, 0.3) is 0 Å². The Morgan fingerprint density at radius 2 is 2.27 bits per heavy atom. The monoisotopic (exact) mass is 307 g/mol. The molecule has 0 aliphatic carbocycles. The van der Waals surface area contributed by atoms with Gasteiger partial charge in [-0.3, -0.25) is 19.8 Å². The Balaban J connectivity index is 2.28. The lowest BCUT2D eigenvalue weighted by atomic mass is 9.90. The number of nitro benzene ring substituents is 1. The average Bonchev–Trinajstić information content (AvgIpc) is 2.47. The van der Waals surface area contributed by atoms with Gasteiger partial charge in [-0.25, -0.2) is 0 Å². The number of hydrogen-bond donors (Lipinski definition) is 2. The van der Waals surface area contributed by atoms with Gasteiger partial charge < -0.3 is 10.8 Å². The first-order chi connectivity index (χ1) is 10.4. The molecule has 120 valence electrons. The lowest BCUT2D eigenvalue weighted by Crippen LogP contribution is -2.46. The Kier molecular flexibility index (Phi) is 5.10. The molecular formula is C15H21N3O4. The van der Waals surface area contributed by atoms with E-state index in [1.807, 2.05) is 0 Å². The van der Waals surface area contributed by atoms with Crippen LogP contribution in [-0.4, -0.2) is 40.0 Å². The molecule has 7 heteroatoms. The van der Waals surface area contributed by atoms with Gasteiger partial charge in [0.1, 0.15) is 0 Å². The van der Waals surface area contributed by atoms with Gasteiger partial charge in [0.25, 0.3) is 5.69 Å². The molecule has 1 aliphatic rings. The van der Waals surface area contributed by atoms with Gasteiger partial charge in [0, 0.05) is 29.8 Å². The third-order valence-corrected chi connectivity index (χ3v) is 4.36. The maximum atomic E-state index is 11.2. The summed E-state index contributed by atoms with van der Waals surface area (Å²) in [6.07, 6.45) is 2.05. The molecule has 1 amide bonds. The van der Waals surface area contributed by atoms with E-state index in [1.165, 1.54) is 12.1 Å². The van der Waals surface area contributed by atoms with E-state index in [0.29, 0.717) is 18.0 Å². The number of hydrogen-bond acceptors (Lipinski definition) is 5. The van der Waals surface area contributed by atoms with Gasteiger partial charge in [0.2, 0.25) is 5.91 Å². The Bertz CT molecular complexity index is 576. The smallest absolute Gasteiger partial charge is 0.274 e. The summed E-state index contributed by atoms with van der Waals surface area (Å²) < 4.78 is 0. The molecule has 1 aliphatic heterocycles. The van der Waals surface area contributed by atoms with Crippen molar-refractivity contribution >= 4 is 11.6 Å². The maximum Gasteiger partial charge on any atom is 0.274 e. The Morgan fingerprint density at radius 1 is 1.55 bits per heavy atom. The number of primary amides is 1. The van der Waals surface area contributed by atoms with Crippen LogP contribution >= 0.6 is 0 Å². The summed E-state index contributed by atoms with van der Waals surface area (Å²) in [5, 5.41) is 20.8. The lowest BCUT2D eigenvalue weighted by Gasteiger charge is -2.38. The zero-order chi connectivity index (χ0) is 16.3. The highest BCUT2D eigenvalue weighted by Crippen LogP contribution is 2.28. The number of nitrogens with two attached hydrogens (primary N) is 1. The molecule has 22 heavy (non-hydrogen) atoms. The Morgan fingerprint density at radius 3 is 2.86 bits per heavy atom. The topological polar surface area (TPSA) is 110 Å². The number of amides is 1. The van der Waals surface area contributed by atoms with Gasteiger partial charge >= 0.3 is 0 Å². The van der Waals surface area contributed by atoms with Gasteiger partial charge in [-0.2, -0.15) is 0 Å². The van der Waals surface area contributed by atoms with Crippen molar-refractivity contribution in [1.29, 1.82) is 0 Å². The van der Waals surface area contributed by atoms with Crippen LogP contribution in [0.4, 0.5) is 5.69 Å². The van der Waals surface area contributed by atoms with Gasteiger partial charge in [-0.05, 0) is 31.4 Å². The number of aliphatic hydroxyl groups is 1. The lowest BCUT2D eigenvalue weighted by molar-refractivity contribution is -0.385. The number of nitro groups is 1. The minimum atomic E-state index is -0.686. The summed E-state index contributed by atoms with van der Waals surface area (Å²) in [4.78, 5) is 24.0. The molecule has 1 aromatic rings. The first-order valence-corrected chi connectivity index (χ1v) is 7.36. The van der Waals surface area contributed by atoms with Crippen molar-refractivity contribution in [2.45, 2.75) is 32.4 Å². The molecule has 2 atom stereocenters. The average molecular weight is 307 g/mol. The van der Waals surface area contributed by atoms with E-state index >= 15 is 0 Å². The molecule has 0 radical (unpaired) electrons. The highest BCUT2D eigenvalue weighted by atomic mass is 16.6. The molecule has 7 nitrogen and oxygen atoms in total. The first-order valence-electron chi connectivity index (χ1n) is 7.36. The van der Waals surface area contributed by atoms with Crippen LogP contribution in [0.3, 0.4) is 0 Å². The van der Waals surface area contributed by atoms with Crippen molar-refractivity contribution in [2.75, 3.05) is 13.2 Å². The van der Waals surface area contributed by atoms with Crippen molar-refractivity contribution in [3.8, 4) is 0 Å². The summed E-state index contributed by atoms with van der Waals surface area (Å²) in [6, 6.07) is 4.31. The first kappa shape index (κ1) is 16.4. The van der Waals surface area contributed by atoms with Crippen molar-refractivity contribution in [3.63, 3.8) is 0 Å². The molecule has 2 unspecified atom stereocenters. The van der Waals surface area contributed by atoms with E-state index in [-0.39, 0.29) is 23.9 Å². The highest BCUT2D eigenvalue weighted by Gasteiger charge is 2.29. The molecule has 0 saturated carbocycles. The van der Waals surface area contributed by atoms with Crippen molar-refractivity contribution in [3.05, 3.63) is 39.4 Å². The molecule has 3 N–H and O–H groups in total. The van der Waals surface area contributed by atoms with Crippen LogP contribution in [0.15, 0.2) is 18.2 Å². The number of aliphatic hydroxyl groups excluding tert-OH is 1. The number of benzene rings is 1. The number of nitrogens with zero attached hydrogens (tertiary/aromatic N) is 2. The van der Waals surface area contributed by atoms with E-state index in [9.17, 15) is 20.0 Å². The Labute approximate surface area is 128 Å². The van der Waals surface area contributed by atoms with Crippen LogP contribution in [0, 0.1) is 16.0 Å². The van der Waals surface area contributed by atoms with Crippen LogP contribution in [0.5, 0.6) is 0 Å². The second-order valence-corrected chi connectivity index (χ2v) is 5.80. The molecular weight excluding hydrogens is 286 g/mol. The fourth-order valence-electron chi connectivity index (χ4n) is 3.07. The molecule has 0 spiro atoms. The third kappa shape index (κ3) is 3.42. The van der Waals surface area contributed by atoms with E-state index in [2.05, 4.69) is 11.8 Å².